The molecule has 0 bridgehead atoms. The lowest BCUT2D eigenvalue weighted by Gasteiger charge is -2.39. The van der Waals surface area contributed by atoms with Crippen LogP contribution >= 0.6 is 0 Å². The predicted molar refractivity (Wildman–Crippen MR) is 134 cm³/mol. The second-order valence-electron chi connectivity index (χ2n) is 9.91. The summed E-state index contributed by atoms with van der Waals surface area (Å²) in [6, 6.07) is 9.57. The lowest BCUT2D eigenvalue weighted by atomic mass is 9.96. The fourth-order valence-electron chi connectivity index (χ4n) is 4.77. The fraction of sp³-hybridized carbons (Fsp3) is 0.536. The molecular weight excluding hydrogens is 467 g/mol. The van der Waals surface area contributed by atoms with Crippen LogP contribution in [-0.4, -0.2) is 61.1 Å². The molecule has 1 amide bonds. The normalized spacial score (nSPS) is 17.8. The molecule has 4 rings (SSSR count). The summed E-state index contributed by atoms with van der Waals surface area (Å²) in [5.41, 5.74) is 3.17. The maximum absolute atomic E-state index is 12.8. The molecule has 8 heteroatoms. The van der Waals surface area contributed by atoms with Crippen molar-refractivity contribution in [1.29, 1.82) is 0 Å². The Hall–Kier alpha value is -2.58. The number of benzene rings is 2. The number of nitrogens with one attached hydrogen (secondary N) is 1. The molecule has 2 aliphatic rings. The average molecular weight is 504 g/mol. The Morgan fingerprint density at radius 1 is 1.03 bits per heavy atom. The van der Waals surface area contributed by atoms with E-state index in [0.29, 0.717) is 32.8 Å². The van der Waals surface area contributed by atoms with E-state index in [9.17, 15) is 18.0 Å². The van der Waals surface area contributed by atoms with E-state index in [1.54, 1.807) is 4.90 Å². The van der Waals surface area contributed by atoms with Gasteiger partial charge < -0.3 is 15.0 Å². The summed E-state index contributed by atoms with van der Waals surface area (Å²) in [6.45, 7) is 10.6. The third kappa shape index (κ3) is 6.40. The smallest absolute Gasteiger partial charge is 0.416 e. The zero-order chi connectivity index (χ0) is 25.9. The summed E-state index contributed by atoms with van der Waals surface area (Å²) in [5.74, 6) is 0.707. The molecule has 36 heavy (non-hydrogen) atoms. The Bertz CT molecular complexity index is 1040. The number of nitrogens with zero attached hydrogens (tertiary/aromatic N) is 2. The van der Waals surface area contributed by atoms with Crippen LogP contribution in [0.3, 0.4) is 0 Å². The molecule has 1 N–H and O–H groups in total. The first kappa shape index (κ1) is 26.5. The molecule has 1 aliphatic carbocycles. The van der Waals surface area contributed by atoms with E-state index in [0.717, 1.165) is 42.5 Å². The highest BCUT2D eigenvalue weighted by atomic mass is 19.4. The summed E-state index contributed by atoms with van der Waals surface area (Å²) >= 11 is 0. The van der Waals surface area contributed by atoms with Gasteiger partial charge in [0.2, 0.25) is 0 Å². The van der Waals surface area contributed by atoms with Crippen LogP contribution in [0.2, 0.25) is 0 Å². The lowest BCUT2D eigenvalue weighted by molar-refractivity contribution is -0.137. The summed E-state index contributed by atoms with van der Waals surface area (Å²) < 4.78 is 44.5. The second kappa shape index (κ2) is 11.2. The van der Waals surface area contributed by atoms with Gasteiger partial charge in [-0.15, -0.1) is 0 Å². The number of carbonyl (C=O) groups is 1. The molecule has 1 saturated carbocycles. The monoisotopic (exact) mass is 503 g/mol. The fourth-order valence-corrected chi connectivity index (χ4v) is 4.77. The van der Waals surface area contributed by atoms with Gasteiger partial charge in [-0.05, 0) is 93.6 Å². The summed E-state index contributed by atoms with van der Waals surface area (Å²) in [4.78, 5) is 16.9. The van der Waals surface area contributed by atoms with Gasteiger partial charge in [0.1, 0.15) is 5.75 Å². The number of amides is 1. The van der Waals surface area contributed by atoms with Crippen LogP contribution in [0.25, 0.3) is 0 Å². The zero-order valence-electron chi connectivity index (χ0n) is 21.3. The Kier molecular flexibility index (Phi) is 8.25. The molecule has 196 valence electrons. The van der Waals surface area contributed by atoms with Gasteiger partial charge in [-0.1, -0.05) is 6.07 Å². The number of ether oxygens (including phenoxy) is 1. The van der Waals surface area contributed by atoms with E-state index in [-0.39, 0.29) is 17.5 Å². The van der Waals surface area contributed by atoms with Gasteiger partial charge in [-0.2, -0.15) is 13.2 Å². The van der Waals surface area contributed by atoms with Crippen molar-refractivity contribution >= 4 is 5.91 Å². The van der Waals surface area contributed by atoms with Gasteiger partial charge in [0.15, 0.2) is 0 Å². The van der Waals surface area contributed by atoms with Crippen molar-refractivity contribution in [1.82, 2.24) is 15.1 Å². The van der Waals surface area contributed by atoms with Crippen molar-refractivity contribution in [3.05, 3.63) is 64.2 Å². The van der Waals surface area contributed by atoms with Crippen molar-refractivity contribution in [3.63, 3.8) is 0 Å². The van der Waals surface area contributed by atoms with Crippen molar-refractivity contribution in [2.75, 3.05) is 39.3 Å². The minimum absolute atomic E-state index is 0.184. The third-order valence-corrected chi connectivity index (χ3v) is 7.43. The highest BCUT2D eigenvalue weighted by molar-refractivity contribution is 5.94. The van der Waals surface area contributed by atoms with Gasteiger partial charge in [0, 0.05) is 43.8 Å². The second-order valence-corrected chi connectivity index (χ2v) is 9.91. The number of carbonyl (C=O) groups excluding carboxylic acids is 1. The van der Waals surface area contributed by atoms with Gasteiger partial charge in [-0.25, -0.2) is 0 Å². The van der Waals surface area contributed by atoms with Gasteiger partial charge in [-0.3, -0.25) is 9.69 Å². The van der Waals surface area contributed by atoms with Gasteiger partial charge >= 0.3 is 6.18 Å². The van der Waals surface area contributed by atoms with Crippen LogP contribution in [0.15, 0.2) is 36.4 Å². The molecule has 5 nitrogen and oxygen atoms in total. The van der Waals surface area contributed by atoms with Crippen molar-refractivity contribution in [2.24, 2.45) is 0 Å². The minimum Gasteiger partial charge on any atom is -0.493 e. The van der Waals surface area contributed by atoms with Gasteiger partial charge in [0.25, 0.3) is 5.91 Å². The van der Waals surface area contributed by atoms with Crippen LogP contribution in [-0.2, 0) is 6.18 Å². The largest absolute Gasteiger partial charge is 0.493 e. The summed E-state index contributed by atoms with van der Waals surface area (Å²) in [7, 11) is 0. The maximum Gasteiger partial charge on any atom is 0.416 e. The standard InChI is InChI=1S/C28H36F3N3O2/c1-19-20(2)26(36-18-4-13-32-24-9-10-24)12-11-25(19)21(3)33-14-16-34(17-15-33)27(35)22-5-7-23(8-6-22)28(29,30)31/h5-8,11-12,21,24,32H,4,9-10,13-18H2,1-3H3. The number of halogens is 3. The molecule has 0 aromatic heterocycles. The molecule has 0 radical (unpaired) electrons. The molecule has 0 spiro atoms. The Labute approximate surface area is 211 Å². The summed E-state index contributed by atoms with van der Waals surface area (Å²) in [5, 5.41) is 3.51. The molecule has 1 atom stereocenters. The lowest BCUT2D eigenvalue weighted by Crippen LogP contribution is -2.49. The van der Waals surface area contributed by atoms with Crippen molar-refractivity contribution < 1.29 is 22.7 Å². The highest BCUT2D eigenvalue weighted by Gasteiger charge is 2.31. The Morgan fingerprint density at radius 2 is 1.69 bits per heavy atom. The third-order valence-electron chi connectivity index (χ3n) is 7.43. The van der Waals surface area contributed by atoms with E-state index in [4.69, 9.17) is 4.74 Å². The SMILES string of the molecule is Cc1c(OCCCNC2CC2)ccc(C(C)N2CCN(C(=O)c3ccc(C(F)(F)F)cc3)CC2)c1C. The zero-order valence-corrected chi connectivity index (χ0v) is 21.3. The molecular formula is C28H36F3N3O2. The van der Waals surface area contributed by atoms with E-state index < -0.39 is 11.7 Å². The van der Waals surface area contributed by atoms with Crippen LogP contribution in [0, 0.1) is 13.8 Å². The Morgan fingerprint density at radius 3 is 2.31 bits per heavy atom. The molecule has 1 unspecified atom stereocenters. The van der Waals surface area contributed by atoms with E-state index >= 15 is 0 Å². The van der Waals surface area contributed by atoms with E-state index in [1.165, 1.54) is 36.1 Å². The first-order chi connectivity index (χ1) is 17.1. The quantitative estimate of drug-likeness (QED) is 0.468. The van der Waals surface area contributed by atoms with Crippen LogP contribution in [0.1, 0.15) is 64.8 Å². The molecule has 2 aromatic carbocycles. The maximum atomic E-state index is 12.8. The Balaban J connectivity index is 1.30. The minimum atomic E-state index is -4.41. The first-order valence-electron chi connectivity index (χ1n) is 12.8. The molecule has 2 fully saturated rings. The predicted octanol–water partition coefficient (Wildman–Crippen LogP) is 5.36. The summed E-state index contributed by atoms with van der Waals surface area (Å²) in [6.07, 6.45) is -0.827. The highest BCUT2D eigenvalue weighted by Crippen LogP contribution is 2.32. The average Bonchev–Trinajstić information content (AvgIpc) is 3.70. The molecule has 1 saturated heterocycles. The van der Waals surface area contributed by atoms with Crippen molar-refractivity contribution in [2.45, 2.75) is 58.3 Å². The molecule has 2 aromatic rings. The van der Waals surface area contributed by atoms with E-state index in [2.05, 4.69) is 43.1 Å². The van der Waals surface area contributed by atoms with Gasteiger partial charge in [0.05, 0.1) is 12.2 Å². The first-order valence-corrected chi connectivity index (χ1v) is 12.8. The van der Waals surface area contributed by atoms with Crippen LogP contribution < -0.4 is 10.1 Å². The van der Waals surface area contributed by atoms with E-state index in [1.807, 2.05) is 0 Å². The number of rotatable bonds is 9. The van der Waals surface area contributed by atoms with Crippen LogP contribution in [0.4, 0.5) is 13.2 Å². The number of hydrogen-bond donors (Lipinski definition) is 1. The number of alkyl halides is 3. The number of hydrogen-bond acceptors (Lipinski definition) is 4. The molecule has 1 aliphatic heterocycles. The number of piperazine rings is 1. The van der Waals surface area contributed by atoms with Crippen LogP contribution in [0.5, 0.6) is 5.75 Å². The molecule has 1 heterocycles. The topological polar surface area (TPSA) is 44.8 Å². The van der Waals surface area contributed by atoms with Crippen molar-refractivity contribution in [3.8, 4) is 5.75 Å².